The first kappa shape index (κ1) is 11.4. The zero-order chi connectivity index (χ0) is 9.40. The summed E-state index contributed by atoms with van der Waals surface area (Å²) in [6.07, 6.45) is 0.850. The molecule has 0 saturated carbocycles. The summed E-state index contributed by atoms with van der Waals surface area (Å²) in [5.74, 6) is 0.0356. The molecule has 0 heterocycles. The Hall–Kier alpha value is -0.610. The molecule has 2 N–H and O–H groups in total. The van der Waals surface area contributed by atoms with Crippen molar-refractivity contribution in [1.29, 1.82) is 0 Å². The first-order valence-electron chi connectivity index (χ1n) is 4.23. The lowest BCUT2D eigenvalue weighted by molar-refractivity contribution is -0.134. The van der Waals surface area contributed by atoms with Crippen LogP contribution in [0.1, 0.15) is 13.3 Å². The molecule has 0 aliphatic heterocycles. The van der Waals surface area contributed by atoms with Gasteiger partial charge in [0.15, 0.2) is 0 Å². The Balaban J connectivity index is 3.71. The minimum Gasteiger partial charge on any atom is -0.375 e. The molecule has 0 fully saturated rings. The zero-order valence-corrected chi connectivity index (χ0v) is 7.88. The number of likely N-dealkylation sites (N-methyl/N-ethyl adjacent to an activating group) is 1. The van der Waals surface area contributed by atoms with Gasteiger partial charge in [-0.3, -0.25) is 4.79 Å². The fourth-order valence-electron chi connectivity index (χ4n) is 0.956. The molecule has 1 amide bonds. The van der Waals surface area contributed by atoms with Crippen LogP contribution in [-0.2, 0) is 9.53 Å². The van der Waals surface area contributed by atoms with Crippen LogP contribution in [0.25, 0.3) is 0 Å². The normalized spacial score (nSPS) is 9.92. The highest BCUT2D eigenvalue weighted by molar-refractivity contribution is 5.77. The van der Waals surface area contributed by atoms with Crippen molar-refractivity contribution in [1.82, 2.24) is 4.90 Å². The van der Waals surface area contributed by atoms with Crippen molar-refractivity contribution in [3.63, 3.8) is 0 Å². The standard InChI is InChI=1S/C8H18N2O2/c1-3-10(6-4-5-9)8(11)7-12-2/h3-7,9H2,1-2H3. The second kappa shape index (κ2) is 7.06. The number of hydrogen-bond donors (Lipinski definition) is 1. The van der Waals surface area contributed by atoms with E-state index in [-0.39, 0.29) is 12.5 Å². The summed E-state index contributed by atoms with van der Waals surface area (Å²) >= 11 is 0. The highest BCUT2D eigenvalue weighted by Gasteiger charge is 2.09. The van der Waals surface area contributed by atoms with Gasteiger partial charge in [0.25, 0.3) is 0 Å². The summed E-state index contributed by atoms with van der Waals surface area (Å²) in [7, 11) is 1.52. The monoisotopic (exact) mass is 174 g/mol. The summed E-state index contributed by atoms with van der Waals surface area (Å²) in [5, 5.41) is 0. The number of nitrogens with two attached hydrogens (primary N) is 1. The molecule has 0 radical (unpaired) electrons. The molecular weight excluding hydrogens is 156 g/mol. The largest absolute Gasteiger partial charge is 0.375 e. The molecular formula is C8H18N2O2. The fraction of sp³-hybridized carbons (Fsp3) is 0.875. The number of methoxy groups -OCH3 is 1. The van der Waals surface area contributed by atoms with Crippen LogP contribution in [0.4, 0.5) is 0 Å². The van der Waals surface area contributed by atoms with E-state index < -0.39 is 0 Å². The second-order valence-electron chi connectivity index (χ2n) is 2.55. The van der Waals surface area contributed by atoms with Crippen LogP contribution in [0.15, 0.2) is 0 Å². The Labute approximate surface area is 73.7 Å². The van der Waals surface area contributed by atoms with Crippen molar-refractivity contribution in [2.75, 3.05) is 33.4 Å². The van der Waals surface area contributed by atoms with Crippen molar-refractivity contribution in [3.8, 4) is 0 Å². The minimum atomic E-state index is 0.0356. The topological polar surface area (TPSA) is 55.6 Å². The number of hydrogen-bond acceptors (Lipinski definition) is 3. The van der Waals surface area contributed by atoms with Crippen LogP contribution in [0, 0.1) is 0 Å². The van der Waals surface area contributed by atoms with Crippen LogP contribution >= 0.6 is 0 Å². The summed E-state index contributed by atoms with van der Waals surface area (Å²) in [4.78, 5) is 13.0. The van der Waals surface area contributed by atoms with E-state index in [1.54, 1.807) is 4.90 Å². The van der Waals surface area contributed by atoms with Gasteiger partial charge in [-0.2, -0.15) is 0 Å². The Morgan fingerprint density at radius 3 is 2.67 bits per heavy atom. The molecule has 0 aromatic carbocycles. The third kappa shape index (κ3) is 4.31. The van der Waals surface area contributed by atoms with Crippen LogP contribution in [-0.4, -0.2) is 44.2 Å². The summed E-state index contributed by atoms with van der Waals surface area (Å²) in [5.41, 5.74) is 5.34. The predicted molar refractivity (Wildman–Crippen MR) is 47.8 cm³/mol. The molecule has 0 spiro atoms. The molecule has 72 valence electrons. The average Bonchev–Trinajstić information content (AvgIpc) is 2.06. The van der Waals surface area contributed by atoms with E-state index in [1.165, 1.54) is 7.11 Å². The molecule has 4 heteroatoms. The first-order chi connectivity index (χ1) is 5.76. The second-order valence-corrected chi connectivity index (χ2v) is 2.55. The van der Waals surface area contributed by atoms with Crippen molar-refractivity contribution < 1.29 is 9.53 Å². The van der Waals surface area contributed by atoms with Crippen molar-refractivity contribution in [2.24, 2.45) is 5.73 Å². The number of carbonyl (C=O) groups excluding carboxylic acids is 1. The van der Waals surface area contributed by atoms with E-state index in [4.69, 9.17) is 10.5 Å². The van der Waals surface area contributed by atoms with E-state index >= 15 is 0 Å². The SMILES string of the molecule is CCN(CCCN)C(=O)COC. The van der Waals surface area contributed by atoms with Gasteiger partial charge in [-0.25, -0.2) is 0 Å². The van der Waals surface area contributed by atoms with Crippen molar-refractivity contribution >= 4 is 5.91 Å². The van der Waals surface area contributed by atoms with Gasteiger partial charge < -0.3 is 15.4 Å². The van der Waals surface area contributed by atoms with E-state index in [2.05, 4.69) is 0 Å². The van der Waals surface area contributed by atoms with Crippen LogP contribution < -0.4 is 5.73 Å². The van der Waals surface area contributed by atoms with Gasteiger partial charge in [0, 0.05) is 20.2 Å². The molecule has 0 aromatic heterocycles. The molecule has 0 bridgehead atoms. The first-order valence-corrected chi connectivity index (χ1v) is 4.23. The highest BCUT2D eigenvalue weighted by Crippen LogP contribution is 1.91. The average molecular weight is 174 g/mol. The van der Waals surface area contributed by atoms with Gasteiger partial charge in [-0.15, -0.1) is 0 Å². The molecule has 0 aliphatic carbocycles. The molecule has 0 unspecified atom stereocenters. The van der Waals surface area contributed by atoms with Crippen molar-refractivity contribution in [2.45, 2.75) is 13.3 Å². The third-order valence-corrected chi connectivity index (χ3v) is 1.63. The zero-order valence-electron chi connectivity index (χ0n) is 7.88. The number of ether oxygens (including phenoxy) is 1. The number of rotatable bonds is 6. The van der Waals surface area contributed by atoms with E-state index in [9.17, 15) is 4.79 Å². The lowest BCUT2D eigenvalue weighted by Crippen LogP contribution is -2.35. The van der Waals surface area contributed by atoms with Crippen LogP contribution in [0.2, 0.25) is 0 Å². The smallest absolute Gasteiger partial charge is 0.248 e. The third-order valence-electron chi connectivity index (χ3n) is 1.63. The molecule has 0 aliphatic rings. The van der Waals surface area contributed by atoms with E-state index in [1.807, 2.05) is 6.92 Å². The lowest BCUT2D eigenvalue weighted by atomic mass is 10.3. The number of nitrogens with zero attached hydrogens (tertiary/aromatic N) is 1. The summed E-state index contributed by atoms with van der Waals surface area (Å²) < 4.78 is 4.74. The predicted octanol–water partition coefficient (Wildman–Crippen LogP) is -0.170. The Morgan fingerprint density at radius 1 is 1.58 bits per heavy atom. The van der Waals surface area contributed by atoms with Crippen LogP contribution in [0.5, 0.6) is 0 Å². The number of amides is 1. The molecule has 12 heavy (non-hydrogen) atoms. The molecule has 0 saturated heterocycles. The van der Waals surface area contributed by atoms with Crippen LogP contribution in [0.3, 0.4) is 0 Å². The molecule has 4 nitrogen and oxygen atoms in total. The Kier molecular flexibility index (Phi) is 6.70. The maximum atomic E-state index is 11.2. The minimum absolute atomic E-state index is 0.0356. The molecule has 0 atom stereocenters. The molecule has 0 rings (SSSR count). The quantitative estimate of drug-likeness (QED) is 0.608. The summed E-state index contributed by atoms with van der Waals surface area (Å²) in [6.45, 7) is 4.19. The van der Waals surface area contributed by atoms with Gasteiger partial charge in [-0.05, 0) is 19.9 Å². The van der Waals surface area contributed by atoms with E-state index in [0.717, 1.165) is 19.5 Å². The number of carbonyl (C=O) groups is 1. The summed E-state index contributed by atoms with van der Waals surface area (Å²) in [6, 6.07) is 0. The fourth-order valence-corrected chi connectivity index (χ4v) is 0.956. The van der Waals surface area contributed by atoms with Gasteiger partial charge in [0.2, 0.25) is 5.91 Å². The van der Waals surface area contributed by atoms with E-state index in [0.29, 0.717) is 6.54 Å². The molecule has 0 aromatic rings. The highest BCUT2D eigenvalue weighted by atomic mass is 16.5. The Bertz CT molecular complexity index is 128. The van der Waals surface area contributed by atoms with Gasteiger partial charge in [0.05, 0.1) is 0 Å². The lowest BCUT2D eigenvalue weighted by Gasteiger charge is -2.19. The van der Waals surface area contributed by atoms with Gasteiger partial charge in [-0.1, -0.05) is 0 Å². The van der Waals surface area contributed by atoms with Gasteiger partial charge in [0.1, 0.15) is 6.61 Å². The van der Waals surface area contributed by atoms with Crippen molar-refractivity contribution in [3.05, 3.63) is 0 Å². The Morgan fingerprint density at radius 2 is 2.25 bits per heavy atom. The maximum Gasteiger partial charge on any atom is 0.248 e. The maximum absolute atomic E-state index is 11.2. The van der Waals surface area contributed by atoms with Gasteiger partial charge >= 0.3 is 0 Å².